The maximum Gasteiger partial charge on any atom is 0.407 e. The molecule has 3 heterocycles. The molecule has 0 atom stereocenters. The number of nitrogens with zero attached hydrogens (tertiary/aromatic N) is 5. The molecule has 1 aliphatic heterocycles. The summed E-state index contributed by atoms with van der Waals surface area (Å²) in [5, 5.41) is 6.67. The first-order valence-electron chi connectivity index (χ1n) is 13.1. The molecule has 10 nitrogen and oxygen atoms in total. The van der Waals surface area contributed by atoms with Crippen molar-refractivity contribution in [3.05, 3.63) is 53.5 Å². The Morgan fingerprint density at radius 1 is 1.23 bits per heavy atom. The van der Waals surface area contributed by atoms with Crippen LogP contribution in [0.1, 0.15) is 58.0 Å². The zero-order valence-corrected chi connectivity index (χ0v) is 23.0. The number of imidazole rings is 1. The Labute approximate surface area is 227 Å². The third-order valence-corrected chi connectivity index (χ3v) is 6.03. The number of ether oxygens (including phenoxy) is 1. The average molecular weight is 539 g/mol. The van der Waals surface area contributed by atoms with Gasteiger partial charge in [-0.3, -0.25) is 9.69 Å². The molecule has 0 saturated heterocycles. The number of carbonyl (C=O) groups is 2. The first-order chi connectivity index (χ1) is 18.6. The SMILES string of the molecule is CC(C)CCn1c(CN2C(=O)/C(=N/OCCF)c3cccnc32)nc2cc(CNC(=O)OC(C)(C)C)ccc21. The van der Waals surface area contributed by atoms with E-state index < -0.39 is 18.4 Å². The van der Waals surface area contributed by atoms with Gasteiger partial charge in [-0.2, -0.15) is 0 Å². The van der Waals surface area contributed by atoms with Crippen molar-refractivity contribution in [1.29, 1.82) is 0 Å². The summed E-state index contributed by atoms with van der Waals surface area (Å²) in [5.41, 5.74) is 2.60. The Balaban J connectivity index is 1.63. The largest absolute Gasteiger partial charge is 0.444 e. The highest BCUT2D eigenvalue weighted by molar-refractivity contribution is 6.53. The second-order valence-corrected chi connectivity index (χ2v) is 10.8. The van der Waals surface area contributed by atoms with E-state index in [-0.39, 0.29) is 24.8 Å². The molecule has 1 aliphatic rings. The molecular weight excluding hydrogens is 503 g/mol. The van der Waals surface area contributed by atoms with Crippen molar-refractivity contribution in [2.24, 2.45) is 11.1 Å². The van der Waals surface area contributed by atoms with Crippen molar-refractivity contribution in [2.45, 2.75) is 66.3 Å². The number of hydrogen-bond donors (Lipinski definition) is 1. The lowest BCUT2D eigenvalue weighted by molar-refractivity contribution is -0.112. The molecule has 208 valence electrons. The number of amides is 2. The summed E-state index contributed by atoms with van der Waals surface area (Å²) in [6, 6.07) is 9.31. The highest BCUT2D eigenvalue weighted by atomic mass is 19.1. The van der Waals surface area contributed by atoms with E-state index in [2.05, 4.69) is 33.9 Å². The molecule has 2 amide bonds. The van der Waals surface area contributed by atoms with Crippen LogP contribution in [-0.4, -0.2) is 51.1 Å². The molecule has 4 rings (SSSR count). The molecule has 0 bridgehead atoms. The number of anilines is 1. The van der Waals surface area contributed by atoms with Gasteiger partial charge in [0.25, 0.3) is 5.91 Å². The van der Waals surface area contributed by atoms with Crippen molar-refractivity contribution in [1.82, 2.24) is 19.9 Å². The fraction of sp³-hybridized carbons (Fsp3) is 0.464. The molecule has 0 spiro atoms. The minimum Gasteiger partial charge on any atom is -0.444 e. The molecule has 0 aliphatic carbocycles. The van der Waals surface area contributed by atoms with Gasteiger partial charge in [0.1, 0.15) is 30.5 Å². The van der Waals surface area contributed by atoms with E-state index in [1.54, 1.807) is 18.3 Å². The predicted molar refractivity (Wildman–Crippen MR) is 146 cm³/mol. The van der Waals surface area contributed by atoms with Crippen molar-refractivity contribution in [2.75, 3.05) is 18.2 Å². The summed E-state index contributed by atoms with van der Waals surface area (Å²) in [4.78, 5) is 41.3. The summed E-state index contributed by atoms with van der Waals surface area (Å²) in [5.74, 6) is 1.23. The Kier molecular flexibility index (Phi) is 8.47. The molecule has 0 unspecified atom stereocenters. The second-order valence-electron chi connectivity index (χ2n) is 10.8. The molecule has 1 N–H and O–H groups in total. The van der Waals surface area contributed by atoms with E-state index in [0.29, 0.717) is 29.7 Å². The number of nitrogens with one attached hydrogen (secondary N) is 1. The molecule has 0 radical (unpaired) electrons. The van der Waals surface area contributed by atoms with Crippen LogP contribution in [-0.2, 0) is 34.0 Å². The van der Waals surface area contributed by atoms with Crippen LogP contribution in [0.4, 0.5) is 15.0 Å². The van der Waals surface area contributed by atoms with Gasteiger partial charge in [0.05, 0.1) is 23.1 Å². The number of fused-ring (bicyclic) bond motifs is 2. The van der Waals surface area contributed by atoms with Crippen LogP contribution < -0.4 is 10.2 Å². The van der Waals surface area contributed by atoms with Gasteiger partial charge in [-0.25, -0.2) is 19.2 Å². The van der Waals surface area contributed by atoms with E-state index in [0.717, 1.165) is 29.6 Å². The number of alkyl carbamates (subject to hydrolysis) is 1. The van der Waals surface area contributed by atoms with Crippen LogP contribution in [0, 0.1) is 5.92 Å². The van der Waals surface area contributed by atoms with E-state index >= 15 is 0 Å². The number of carbonyl (C=O) groups excluding carboxylic acids is 2. The Bertz CT molecular complexity index is 1380. The number of pyridine rings is 1. The Morgan fingerprint density at radius 2 is 2.03 bits per heavy atom. The smallest absolute Gasteiger partial charge is 0.407 e. The number of benzene rings is 1. The molecular formula is C28H35FN6O4. The van der Waals surface area contributed by atoms with Gasteiger partial charge in [0.2, 0.25) is 0 Å². The first kappa shape index (κ1) is 28.0. The van der Waals surface area contributed by atoms with Crippen molar-refractivity contribution >= 4 is 34.6 Å². The lowest BCUT2D eigenvalue weighted by atomic mass is 10.1. The minimum atomic E-state index is -0.705. The molecule has 11 heteroatoms. The highest BCUT2D eigenvalue weighted by Crippen LogP contribution is 2.30. The van der Waals surface area contributed by atoms with Gasteiger partial charge in [-0.1, -0.05) is 25.1 Å². The summed E-state index contributed by atoms with van der Waals surface area (Å²) >= 11 is 0. The highest BCUT2D eigenvalue weighted by Gasteiger charge is 2.37. The van der Waals surface area contributed by atoms with Crippen LogP contribution in [0.2, 0.25) is 0 Å². The average Bonchev–Trinajstić information content (AvgIpc) is 3.35. The normalized spacial score (nSPS) is 14.4. The van der Waals surface area contributed by atoms with Crippen LogP contribution in [0.15, 0.2) is 41.7 Å². The molecule has 0 fully saturated rings. The summed E-state index contributed by atoms with van der Waals surface area (Å²) in [6.07, 6.45) is 2.04. The summed E-state index contributed by atoms with van der Waals surface area (Å²) < 4.78 is 20.0. The fourth-order valence-corrected chi connectivity index (χ4v) is 4.24. The van der Waals surface area contributed by atoms with Crippen molar-refractivity contribution in [3.8, 4) is 0 Å². The first-order valence-corrected chi connectivity index (χ1v) is 13.1. The number of halogens is 1. The van der Waals surface area contributed by atoms with Gasteiger partial charge in [-0.05, 0) is 62.9 Å². The number of alkyl halides is 1. The Morgan fingerprint density at radius 3 is 2.74 bits per heavy atom. The quantitative estimate of drug-likeness (QED) is 0.295. The zero-order chi connectivity index (χ0) is 28.2. The lowest BCUT2D eigenvalue weighted by Crippen LogP contribution is -2.32. The topological polar surface area (TPSA) is 111 Å². The maximum absolute atomic E-state index is 13.3. The van der Waals surface area contributed by atoms with E-state index in [1.165, 1.54) is 4.90 Å². The van der Waals surface area contributed by atoms with Gasteiger partial charge < -0.3 is 19.5 Å². The number of rotatable bonds is 10. The number of aryl methyl sites for hydroxylation is 1. The van der Waals surface area contributed by atoms with Crippen LogP contribution in [0.5, 0.6) is 0 Å². The standard InChI is InChI=1S/C28H35FN6O4/c1-18(2)10-13-34-22-9-8-19(16-31-27(37)39-28(3,4)5)15-21(22)32-23(34)17-35-25-20(7-6-12-30-25)24(26(35)36)33-38-14-11-29/h6-9,12,15,18H,10-11,13-14,16-17H2,1-5H3,(H,31,37)/b33-24+. The molecule has 3 aromatic rings. The molecule has 1 aromatic carbocycles. The van der Waals surface area contributed by atoms with Crippen LogP contribution >= 0.6 is 0 Å². The van der Waals surface area contributed by atoms with Gasteiger partial charge in [0, 0.05) is 19.3 Å². The van der Waals surface area contributed by atoms with Gasteiger partial charge >= 0.3 is 6.09 Å². The Hall–Kier alpha value is -4.02. The van der Waals surface area contributed by atoms with Crippen LogP contribution in [0.25, 0.3) is 11.0 Å². The summed E-state index contributed by atoms with van der Waals surface area (Å²) in [7, 11) is 0. The lowest BCUT2D eigenvalue weighted by Gasteiger charge is -2.19. The van der Waals surface area contributed by atoms with E-state index in [9.17, 15) is 14.0 Å². The molecule has 2 aromatic heterocycles. The molecule has 0 saturated carbocycles. The van der Waals surface area contributed by atoms with Crippen molar-refractivity contribution < 1.29 is 23.6 Å². The predicted octanol–water partition coefficient (Wildman–Crippen LogP) is 4.74. The number of hydrogen-bond acceptors (Lipinski definition) is 7. The van der Waals surface area contributed by atoms with Gasteiger partial charge in [0.15, 0.2) is 5.71 Å². The van der Waals surface area contributed by atoms with E-state index in [1.807, 2.05) is 39.0 Å². The van der Waals surface area contributed by atoms with Gasteiger partial charge in [-0.15, -0.1) is 0 Å². The number of oxime groups is 1. The summed E-state index contributed by atoms with van der Waals surface area (Å²) in [6.45, 7) is 10.00. The zero-order valence-electron chi connectivity index (χ0n) is 23.0. The third kappa shape index (κ3) is 6.71. The maximum atomic E-state index is 13.3. The minimum absolute atomic E-state index is 0.0897. The molecule has 39 heavy (non-hydrogen) atoms. The third-order valence-electron chi connectivity index (χ3n) is 6.03. The number of aromatic nitrogens is 3. The van der Waals surface area contributed by atoms with Crippen molar-refractivity contribution in [3.63, 3.8) is 0 Å². The second kappa shape index (κ2) is 11.8. The monoisotopic (exact) mass is 538 g/mol. The fourth-order valence-electron chi connectivity index (χ4n) is 4.24. The van der Waals surface area contributed by atoms with Crippen LogP contribution in [0.3, 0.4) is 0 Å². The van der Waals surface area contributed by atoms with E-state index in [4.69, 9.17) is 14.6 Å².